The standard InChI is InChI=1S/C12H19NS2/c1-2-11-14-15-12-7-6-10-13-8-4-3-5-9-13/h3-4,8-9H,2,6-7,10-12H2,1H3. The molecule has 1 heterocycles. The summed E-state index contributed by atoms with van der Waals surface area (Å²) < 4.78 is 0. The molecule has 3 heteroatoms. The molecule has 0 spiro atoms. The fourth-order valence-electron chi connectivity index (χ4n) is 1.19. The lowest BCUT2D eigenvalue weighted by Gasteiger charge is -2.14. The lowest BCUT2D eigenvalue weighted by atomic mass is 10.3. The van der Waals surface area contributed by atoms with Crippen molar-refractivity contribution in [2.24, 2.45) is 0 Å². The summed E-state index contributed by atoms with van der Waals surface area (Å²) in [6, 6.07) is 0. The van der Waals surface area contributed by atoms with E-state index in [-0.39, 0.29) is 0 Å². The van der Waals surface area contributed by atoms with Gasteiger partial charge in [-0.1, -0.05) is 28.5 Å². The minimum Gasteiger partial charge on any atom is -0.348 e. The van der Waals surface area contributed by atoms with Crippen LogP contribution in [0, 0.1) is 0 Å². The van der Waals surface area contributed by atoms with Crippen molar-refractivity contribution in [3.63, 3.8) is 0 Å². The molecule has 0 aromatic heterocycles. The van der Waals surface area contributed by atoms with Gasteiger partial charge in [-0.2, -0.15) is 0 Å². The highest BCUT2D eigenvalue weighted by Gasteiger charge is 1.96. The van der Waals surface area contributed by atoms with Crippen molar-refractivity contribution in [2.45, 2.75) is 26.2 Å². The third-order valence-electron chi connectivity index (χ3n) is 1.98. The van der Waals surface area contributed by atoms with Crippen molar-refractivity contribution in [1.29, 1.82) is 0 Å². The van der Waals surface area contributed by atoms with Gasteiger partial charge in [-0.25, -0.2) is 0 Å². The highest BCUT2D eigenvalue weighted by atomic mass is 33.1. The first-order valence-electron chi connectivity index (χ1n) is 5.53. The van der Waals surface area contributed by atoms with Gasteiger partial charge in [-0.3, -0.25) is 0 Å². The minimum atomic E-state index is 1.12. The van der Waals surface area contributed by atoms with Crippen molar-refractivity contribution in [3.05, 3.63) is 30.3 Å². The molecule has 0 amide bonds. The maximum absolute atomic E-state index is 3.08. The van der Waals surface area contributed by atoms with E-state index >= 15 is 0 Å². The van der Waals surface area contributed by atoms with E-state index in [9.17, 15) is 0 Å². The second-order valence-corrected chi connectivity index (χ2v) is 6.09. The zero-order chi connectivity index (χ0) is 10.8. The summed E-state index contributed by atoms with van der Waals surface area (Å²) in [4.78, 5) is 2.20. The third kappa shape index (κ3) is 6.77. The SMILES string of the molecule is CCCSSCCCCN1C=C=CC=C1. The molecule has 0 unspecified atom stereocenters. The molecule has 15 heavy (non-hydrogen) atoms. The Hall–Kier alpha value is -0.240. The summed E-state index contributed by atoms with van der Waals surface area (Å²) in [6.07, 6.45) is 12.0. The second-order valence-electron chi connectivity index (χ2n) is 3.39. The number of hydrogen-bond donors (Lipinski definition) is 0. The number of allylic oxidation sites excluding steroid dienone is 2. The van der Waals surface area contributed by atoms with Crippen LogP contribution in [-0.4, -0.2) is 23.0 Å². The van der Waals surface area contributed by atoms with Gasteiger partial charge < -0.3 is 4.90 Å². The average molecular weight is 241 g/mol. The Kier molecular flexibility index (Phi) is 7.71. The predicted molar refractivity (Wildman–Crippen MR) is 72.9 cm³/mol. The predicted octanol–water partition coefficient (Wildman–Crippen LogP) is 4.06. The summed E-state index contributed by atoms with van der Waals surface area (Å²) >= 11 is 0. The van der Waals surface area contributed by atoms with Crippen LogP contribution in [-0.2, 0) is 0 Å². The van der Waals surface area contributed by atoms with E-state index in [1.807, 2.05) is 39.9 Å². The van der Waals surface area contributed by atoms with Crippen molar-refractivity contribution < 1.29 is 0 Å². The number of hydrogen-bond acceptors (Lipinski definition) is 3. The van der Waals surface area contributed by atoms with Crippen LogP contribution in [0.5, 0.6) is 0 Å². The molecule has 0 aromatic carbocycles. The van der Waals surface area contributed by atoms with Crippen molar-refractivity contribution in [3.8, 4) is 0 Å². The molecule has 1 aliphatic heterocycles. The highest BCUT2D eigenvalue weighted by Crippen LogP contribution is 2.22. The molecule has 0 saturated carbocycles. The van der Waals surface area contributed by atoms with E-state index in [2.05, 4.69) is 23.8 Å². The van der Waals surface area contributed by atoms with Gasteiger partial charge in [-0.15, -0.1) is 5.73 Å². The number of rotatable bonds is 8. The van der Waals surface area contributed by atoms with Crippen LogP contribution in [0.25, 0.3) is 0 Å². The minimum absolute atomic E-state index is 1.12. The molecule has 1 rings (SSSR count). The van der Waals surface area contributed by atoms with Gasteiger partial charge in [0.2, 0.25) is 0 Å². The second kappa shape index (κ2) is 9.02. The quantitative estimate of drug-likeness (QED) is 0.358. The fraction of sp³-hybridized carbons (Fsp3) is 0.583. The molecule has 84 valence electrons. The van der Waals surface area contributed by atoms with Gasteiger partial charge in [0.15, 0.2) is 0 Å². The van der Waals surface area contributed by atoms with Crippen molar-refractivity contribution >= 4 is 21.6 Å². The molecule has 0 fully saturated rings. The largest absolute Gasteiger partial charge is 0.348 e. The smallest absolute Gasteiger partial charge is 0.0463 e. The third-order valence-corrected chi connectivity index (χ3v) is 4.67. The number of unbranched alkanes of at least 4 members (excludes halogenated alkanes) is 1. The summed E-state index contributed by atoms with van der Waals surface area (Å²) in [7, 11) is 4.02. The van der Waals surface area contributed by atoms with Crippen LogP contribution in [0.3, 0.4) is 0 Å². The monoisotopic (exact) mass is 241 g/mol. The maximum atomic E-state index is 3.08. The molecule has 0 saturated heterocycles. The molecule has 0 atom stereocenters. The molecule has 0 bridgehead atoms. The Labute approximate surface area is 101 Å². The van der Waals surface area contributed by atoms with Crippen LogP contribution in [0.2, 0.25) is 0 Å². The van der Waals surface area contributed by atoms with Crippen molar-refractivity contribution in [2.75, 3.05) is 18.1 Å². The molecule has 0 aromatic rings. The van der Waals surface area contributed by atoms with E-state index in [4.69, 9.17) is 0 Å². The van der Waals surface area contributed by atoms with Crippen molar-refractivity contribution in [1.82, 2.24) is 4.90 Å². The van der Waals surface area contributed by atoms with Crippen LogP contribution in [0.4, 0.5) is 0 Å². The first-order valence-corrected chi connectivity index (χ1v) is 8.02. The average Bonchev–Trinajstić information content (AvgIpc) is 2.29. The highest BCUT2D eigenvalue weighted by molar-refractivity contribution is 8.76. The van der Waals surface area contributed by atoms with Crippen LogP contribution in [0.1, 0.15) is 26.2 Å². The Bertz CT molecular complexity index is 242. The zero-order valence-electron chi connectivity index (χ0n) is 9.32. The van der Waals surface area contributed by atoms with E-state index in [0.717, 1.165) is 6.54 Å². The summed E-state index contributed by atoms with van der Waals surface area (Å²) in [5.74, 6) is 2.56. The Balaban J connectivity index is 1.89. The van der Waals surface area contributed by atoms with Gasteiger partial charge in [-0.05, 0) is 31.4 Å². The topological polar surface area (TPSA) is 3.24 Å². The van der Waals surface area contributed by atoms with Gasteiger partial charge in [0.05, 0.1) is 0 Å². The first kappa shape index (κ1) is 12.8. The Morgan fingerprint density at radius 3 is 2.80 bits per heavy atom. The normalized spacial score (nSPS) is 13.8. The van der Waals surface area contributed by atoms with Gasteiger partial charge in [0.1, 0.15) is 0 Å². The van der Waals surface area contributed by atoms with Crippen LogP contribution >= 0.6 is 21.6 Å². The van der Waals surface area contributed by atoms with Crippen LogP contribution < -0.4 is 0 Å². The Morgan fingerprint density at radius 2 is 2.07 bits per heavy atom. The van der Waals surface area contributed by atoms with Gasteiger partial charge >= 0.3 is 0 Å². The first-order chi connectivity index (χ1) is 7.43. The molecule has 0 aliphatic carbocycles. The molecule has 0 N–H and O–H groups in total. The molecular weight excluding hydrogens is 222 g/mol. The van der Waals surface area contributed by atoms with Gasteiger partial charge in [0.25, 0.3) is 0 Å². The lowest BCUT2D eigenvalue weighted by molar-refractivity contribution is 0.485. The maximum Gasteiger partial charge on any atom is 0.0463 e. The van der Waals surface area contributed by atoms with E-state index in [0.29, 0.717) is 0 Å². The zero-order valence-corrected chi connectivity index (χ0v) is 10.9. The lowest BCUT2D eigenvalue weighted by Crippen LogP contribution is -2.11. The molecule has 1 nitrogen and oxygen atoms in total. The summed E-state index contributed by atoms with van der Waals surface area (Å²) in [5, 5.41) is 0. The number of nitrogens with zero attached hydrogens (tertiary/aromatic N) is 1. The van der Waals surface area contributed by atoms with E-state index in [1.54, 1.807) is 0 Å². The van der Waals surface area contributed by atoms with Crippen LogP contribution in [0.15, 0.2) is 30.3 Å². The summed E-state index contributed by atoms with van der Waals surface area (Å²) in [5.41, 5.74) is 3.08. The van der Waals surface area contributed by atoms with Gasteiger partial charge in [0, 0.05) is 30.5 Å². The van der Waals surface area contributed by atoms with E-state index < -0.39 is 0 Å². The fourth-order valence-corrected chi connectivity index (χ4v) is 3.47. The molecule has 0 radical (unpaired) electrons. The molecular formula is C12H19NS2. The molecule has 1 aliphatic rings. The Morgan fingerprint density at radius 1 is 1.20 bits per heavy atom. The summed E-state index contributed by atoms with van der Waals surface area (Å²) in [6.45, 7) is 3.35. The van der Waals surface area contributed by atoms with E-state index in [1.165, 1.54) is 30.8 Å².